The van der Waals surface area contributed by atoms with E-state index in [0.717, 1.165) is 42.9 Å². The zero-order valence-electron chi connectivity index (χ0n) is 15.1. The molecule has 4 heteroatoms. The van der Waals surface area contributed by atoms with Crippen molar-refractivity contribution in [3.63, 3.8) is 0 Å². The Labute approximate surface area is 159 Å². The van der Waals surface area contributed by atoms with E-state index in [4.69, 9.17) is 4.74 Å². The summed E-state index contributed by atoms with van der Waals surface area (Å²) in [7, 11) is 0. The van der Waals surface area contributed by atoms with E-state index in [9.17, 15) is 0 Å². The molecule has 0 saturated carbocycles. The average Bonchev–Trinajstić information content (AvgIpc) is 2.63. The number of rotatable bonds is 6. The van der Waals surface area contributed by atoms with E-state index in [1.807, 2.05) is 18.2 Å². The van der Waals surface area contributed by atoms with Crippen LogP contribution in [-0.4, -0.2) is 42.0 Å². The number of ether oxygens (including phenoxy) is 1. The molecule has 0 aliphatic carbocycles. The molecule has 2 aromatic carbocycles. The molecule has 25 heavy (non-hydrogen) atoms. The molecule has 2 aromatic rings. The van der Waals surface area contributed by atoms with Crippen LogP contribution in [0.1, 0.15) is 25.0 Å². The van der Waals surface area contributed by atoms with Gasteiger partial charge in [0.05, 0.1) is 0 Å². The summed E-state index contributed by atoms with van der Waals surface area (Å²) in [6.07, 6.45) is 0. The van der Waals surface area contributed by atoms with Gasteiger partial charge >= 0.3 is 0 Å². The zero-order chi connectivity index (χ0) is 17.6. The molecule has 0 atom stereocenters. The molecule has 3 nitrogen and oxygen atoms in total. The van der Waals surface area contributed by atoms with Gasteiger partial charge in [-0.05, 0) is 37.1 Å². The van der Waals surface area contributed by atoms with Crippen molar-refractivity contribution in [2.75, 3.05) is 26.2 Å². The fraction of sp³-hybridized carbons (Fsp3) is 0.429. The second kappa shape index (κ2) is 8.84. The van der Waals surface area contributed by atoms with Gasteiger partial charge in [0.1, 0.15) is 12.4 Å². The van der Waals surface area contributed by atoms with Gasteiger partial charge in [0.25, 0.3) is 0 Å². The first kappa shape index (κ1) is 18.4. The molecule has 0 aromatic heterocycles. The van der Waals surface area contributed by atoms with Crippen molar-refractivity contribution in [1.82, 2.24) is 9.80 Å². The minimum absolute atomic E-state index is 0.601. The fourth-order valence-corrected chi connectivity index (χ4v) is 3.65. The molecule has 1 fully saturated rings. The van der Waals surface area contributed by atoms with Gasteiger partial charge in [0.2, 0.25) is 0 Å². The quantitative estimate of drug-likeness (QED) is 0.704. The number of hydrogen-bond acceptors (Lipinski definition) is 3. The van der Waals surface area contributed by atoms with Gasteiger partial charge < -0.3 is 4.74 Å². The standard InChI is InChI=1S/C21H27BrN2O/c1-17(2)24-12-10-23(11-13-24)15-19-8-9-20(14-21(19)22)25-16-18-6-4-3-5-7-18/h3-9,14,17H,10-13,15-16H2,1-2H3. The summed E-state index contributed by atoms with van der Waals surface area (Å²) in [5.41, 5.74) is 2.51. The maximum atomic E-state index is 5.91. The minimum Gasteiger partial charge on any atom is -0.489 e. The molecule has 0 radical (unpaired) electrons. The summed E-state index contributed by atoms with van der Waals surface area (Å²) in [5, 5.41) is 0. The molecule has 1 heterocycles. The van der Waals surface area contributed by atoms with Crippen molar-refractivity contribution in [3.05, 3.63) is 64.1 Å². The largest absolute Gasteiger partial charge is 0.489 e. The number of nitrogens with zero attached hydrogens (tertiary/aromatic N) is 2. The van der Waals surface area contributed by atoms with E-state index in [-0.39, 0.29) is 0 Å². The first-order valence-electron chi connectivity index (χ1n) is 9.03. The van der Waals surface area contributed by atoms with Crippen LogP contribution in [0.15, 0.2) is 53.0 Å². The topological polar surface area (TPSA) is 15.7 Å². The Morgan fingerprint density at radius 3 is 2.36 bits per heavy atom. The predicted molar refractivity (Wildman–Crippen MR) is 107 cm³/mol. The number of piperazine rings is 1. The monoisotopic (exact) mass is 402 g/mol. The Morgan fingerprint density at radius 2 is 1.72 bits per heavy atom. The summed E-state index contributed by atoms with van der Waals surface area (Å²) in [5.74, 6) is 0.907. The van der Waals surface area contributed by atoms with Crippen LogP contribution in [-0.2, 0) is 13.2 Å². The van der Waals surface area contributed by atoms with Gasteiger partial charge in [0, 0.05) is 43.2 Å². The van der Waals surface area contributed by atoms with Crippen molar-refractivity contribution in [2.45, 2.75) is 33.0 Å². The normalized spacial score (nSPS) is 16.3. The Morgan fingerprint density at radius 1 is 1.00 bits per heavy atom. The highest BCUT2D eigenvalue weighted by atomic mass is 79.9. The number of benzene rings is 2. The summed E-state index contributed by atoms with van der Waals surface area (Å²) in [6, 6.07) is 17.3. The number of hydrogen-bond donors (Lipinski definition) is 0. The van der Waals surface area contributed by atoms with Crippen molar-refractivity contribution >= 4 is 15.9 Å². The highest BCUT2D eigenvalue weighted by Crippen LogP contribution is 2.25. The summed E-state index contributed by atoms with van der Waals surface area (Å²) in [6.45, 7) is 10.7. The number of halogens is 1. The van der Waals surface area contributed by atoms with Crippen molar-refractivity contribution in [3.8, 4) is 5.75 Å². The van der Waals surface area contributed by atoms with Gasteiger partial charge in [0.15, 0.2) is 0 Å². The SMILES string of the molecule is CC(C)N1CCN(Cc2ccc(OCc3ccccc3)cc2Br)CC1. The lowest BCUT2D eigenvalue weighted by atomic mass is 10.1. The third kappa shape index (κ3) is 5.30. The Hall–Kier alpha value is -1.36. The molecule has 3 rings (SSSR count). The molecule has 0 unspecified atom stereocenters. The van der Waals surface area contributed by atoms with E-state index in [1.165, 1.54) is 11.1 Å². The maximum Gasteiger partial charge on any atom is 0.120 e. The zero-order valence-corrected chi connectivity index (χ0v) is 16.7. The molecule has 134 valence electrons. The first-order valence-corrected chi connectivity index (χ1v) is 9.82. The average molecular weight is 403 g/mol. The highest BCUT2D eigenvalue weighted by molar-refractivity contribution is 9.10. The molecular formula is C21H27BrN2O. The van der Waals surface area contributed by atoms with E-state index < -0.39 is 0 Å². The van der Waals surface area contributed by atoms with E-state index in [1.54, 1.807) is 0 Å². The Balaban J connectivity index is 1.53. The molecule has 0 bridgehead atoms. The maximum absolute atomic E-state index is 5.91. The molecule has 0 spiro atoms. The van der Waals surface area contributed by atoms with Gasteiger partial charge in [-0.3, -0.25) is 9.80 Å². The minimum atomic E-state index is 0.601. The lowest BCUT2D eigenvalue weighted by molar-refractivity contribution is 0.104. The molecular weight excluding hydrogens is 376 g/mol. The summed E-state index contributed by atoms with van der Waals surface area (Å²) in [4.78, 5) is 5.08. The Bertz CT molecular complexity index is 667. The molecule has 0 amide bonds. The van der Waals surface area contributed by atoms with Crippen molar-refractivity contribution in [1.29, 1.82) is 0 Å². The Kier molecular flexibility index (Phi) is 6.51. The second-order valence-electron chi connectivity index (χ2n) is 6.93. The van der Waals surface area contributed by atoms with Crippen LogP contribution in [0.5, 0.6) is 5.75 Å². The lowest BCUT2D eigenvalue weighted by Crippen LogP contribution is -2.48. The molecule has 1 saturated heterocycles. The van der Waals surface area contributed by atoms with Crippen LogP contribution >= 0.6 is 15.9 Å². The van der Waals surface area contributed by atoms with E-state index >= 15 is 0 Å². The van der Waals surface area contributed by atoms with Crippen molar-refractivity contribution in [2.24, 2.45) is 0 Å². The molecule has 1 aliphatic rings. The molecule has 0 N–H and O–H groups in total. The van der Waals surface area contributed by atoms with Crippen LogP contribution < -0.4 is 4.74 Å². The van der Waals surface area contributed by atoms with E-state index in [0.29, 0.717) is 12.6 Å². The second-order valence-corrected chi connectivity index (χ2v) is 7.79. The van der Waals surface area contributed by atoms with Crippen molar-refractivity contribution < 1.29 is 4.74 Å². The summed E-state index contributed by atoms with van der Waals surface area (Å²) >= 11 is 3.72. The van der Waals surface area contributed by atoms with Gasteiger partial charge in [-0.2, -0.15) is 0 Å². The predicted octanol–water partition coefficient (Wildman–Crippen LogP) is 4.55. The van der Waals surface area contributed by atoms with Crippen LogP contribution in [0, 0.1) is 0 Å². The van der Waals surface area contributed by atoms with E-state index in [2.05, 4.69) is 69.9 Å². The fourth-order valence-electron chi connectivity index (χ4n) is 3.17. The lowest BCUT2D eigenvalue weighted by Gasteiger charge is -2.37. The van der Waals surface area contributed by atoms with Gasteiger partial charge in [-0.1, -0.05) is 52.3 Å². The molecule has 1 aliphatic heterocycles. The third-order valence-corrected chi connectivity index (χ3v) is 5.54. The van der Waals surface area contributed by atoms with Crippen LogP contribution in [0.3, 0.4) is 0 Å². The van der Waals surface area contributed by atoms with Crippen LogP contribution in [0.4, 0.5) is 0 Å². The third-order valence-electron chi connectivity index (χ3n) is 4.80. The van der Waals surface area contributed by atoms with Gasteiger partial charge in [-0.25, -0.2) is 0 Å². The van der Waals surface area contributed by atoms with Gasteiger partial charge in [-0.15, -0.1) is 0 Å². The first-order chi connectivity index (χ1) is 12.1. The van der Waals surface area contributed by atoms with Crippen LogP contribution in [0.25, 0.3) is 0 Å². The highest BCUT2D eigenvalue weighted by Gasteiger charge is 2.19. The van der Waals surface area contributed by atoms with Crippen LogP contribution in [0.2, 0.25) is 0 Å². The smallest absolute Gasteiger partial charge is 0.120 e. The summed E-state index contributed by atoms with van der Waals surface area (Å²) < 4.78 is 7.04.